The van der Waals surface area contributed by atoms with Crippen LogP contribution in [0.1, 0.15) is 57.4 Å². The van der Waals surface area contributed by atoms with Crippen LogP contribution in [0.5, 0.6) is 0 Å². The van der Waals surface area contributed by atoms with Crippen LogP contribution in [0.4, 0.5) is 5.69 Å². The summed E-state index contributed by atoms with van der Waals surface area (Å²) in [4.78, 5) is 34.1. The molecule has 2 aliphatic heterocycles. The van der Waals surface area contributed by atoms with Crippen molar-refractivity contribution in [3.05, 3.63) is 29.8 Å². The second-order valence-electron chi connectivity index (χ2n) is 9.17. The Morgan fingerprint density at radius 1 is 0.806 bits per heavy atom. The molecule has 0 radical (unpaired) electrons. The first-order valence-electron chi connectivity index (χ1n) is 12.1. The van der Waals surface area contributed by atoms with Crippen molar-refractivity contribution in [1.29, 1.82) is 0 Å². The van der Waals surface area contributed by atoms with Crippen LogP contribution in [-0.4, -0.2) is 79.4 Å². The van der Waals surface area contributed by atoms with Gasteiger partial charge in [-0.3, -0.25) is 14.5 Å². The number of para-hydroxylation sites is 1. The van der Waals surface area contributed by atoms with Gasteiger partial charge >= 0.3 is 0 Å². The highest BCUT2D eigenvalue weighted by Crippen LogP contribution is 2.24. The molecule has 1 aromatic rings. The van der Waals surface area contributed by atoms with Gasteiger partial charge in [0.05, 0.1) is 6.54 Å². The number of rotatable bonds is 2. The fourth-order valence-corrected chi connectivity index (χ4v) is 4.71. The molecule has 6 heteroatoms. The minimum atomic E-state index is 0.0960. The molecule has 0 saturated carbocycles. The van der Waals surface area contributed by atoms with E-state index in [1.165, 1.54) is 19.3 Å². The lowest BCUT2D eigenvalue weighted by atomic mass is 10.1. The maximum absolute atomic E-state index is 13.1. The summed E-state index contributed by atoms with van der Waals surface area (Å²) in [6.07, 6.45) is 8.02. The van der Waals surface area contributed by atoms with E-state index < -0.39 is 0 Å². The standard InChI is InChI=1S/C25H40N4O2/c1-22(30)29-17-10-6-4-3-5-9-15-27(20-23-12-7-8-13-24(23)29)21-25(31)28-16-11-14-26(2)18-19-28/h7-8,12-13H,3-6,9-11,14-21H2,1-2H3. The van der Waals surface area contributed by atoms with Gasteiger partial charge in [-0.25, -0.2) is 0 Å². The molecule has 2 heterocycles. The molecule has 1 aromatic carbocycles. The van der Waals surface area contributed by atoms with Gasteiger partial charge in [-0.05, 0) is 51.0 Å². The number of hydrogen-bond acceptors (Lipinski definition) is 4. The Labute approximate surface area is 188 Å². The first-order chi connectivity index (χ1) is 15.0. The number of nitrogens with zero attached hydrogens (tertiary/aromatic N) is 4. The zero-order valence-electron chi connectivity index (χ0n) is 19.5. The Morgan fingerprint density at radius 3 is 2.29 bits per heavy atom. The predicted molar refractivity (Wildman–Crippen MR) is 126 cm³/mol. The van der Waals surface area contributed by atoms with Gasteiger partial charge in [0.25, 0.3) is 0 Å². The van der Waals surface area contributed by atoms with Gasteiger partial charge in [0, 0.05) is 45.3 Å². The number of carbonyl (C=O) groups is 2. The summed E-state index contributed by atoms with van der Waals surface area (Å²) in [6, 6.07) is 8.22. The number of hydrogen-bond donors (Lipinski definition) is 0. The van der Waals surface area contributed by atoms with Crippen molar-refractivity contribution < 1.29 is 9.59 Å². The first kappa shape index (κ1) is 23.7. The SMILES string of the molecule is CC(=O)N1CCCCCCCCN(CC(=O)N2CCCN(C)CC2)Cc2ccccc21. The molecule has 31 heavy (non-hydrogen) atoms. The summed E-state index contributed by atoms with van der Waals surface area (Å²) in [5.74, 6) is 0.333. The molecular weight excluding hydrogens is 388 g/mol. The zero-order valence-corrected chi connectivity index (χ0v) is 19.5. The Bertz CT molecular complexity index is 723. The maximum Gasteiger partial charge on any atom is 0.236 e. The largest absolute Gasteiger partial charge is 0.340 e. The maximum atomic E-state index is 13.1. The highest BCUT2D eigenvalue weighted by Gasteiger charge is 2.22. The second kappa shape index (κ2) is 12.2. The number of anilines is 1. The molecule has 172 valence electrons. The fraction of sp³-hybridized carbons (Fsp3) is 0.680. The molecular formula is C25H40N4O2. The van der Waals surface area contributed by atoms with Crippen LogP contribution in [0.15, 0.2) is 24.3 Å². The highest BCUT2D eigenvalue weighted by molar-refractivity contribution is 5.92. The molecule has 1 saturated heterocycles. The summed E-state index contributed by atoms with van der Waals surface area (Å²) in [7, 11) is 2.13. The van der Waals surface area contributed by atoms with E-state index in [4.69, 9.17) is 0 Å². The molecule has 1 fully saturated rings. The number of fused-ring (bicyclic) bond motifs is 1. The molecule has 2 aliphatic rings. The smallest absolute Gasteiger partial charge is 0.236 e. The molecule has 2 amide bonds. The van der Waals surface area contributed by atoms with Crippen molar-refractivity contribution >= 4 is 17.5 Å². The molecule has 0 aliphatic carbocycles. The molecule has 0 spiro atoms. The van der Waals surface area contributed by atoms with Crippen molar-refractivity contribution in [2.75, 3.05) is 57.8 Å². The summed E-state index contributed by atoms with van der Waals surface area (Å²) < 4.78 is 0. The van der Waals surface area contributed by atoms with E-state index in [1.807, 2.05) is 21.9 Å². The van der Waals surface area contributed by atoms with Crippen molar-refractivity contribution in [3.8, 4) is 0 Å². The van der Waals surface area contributed by atoms with Gasteiger partial charge in [0.2, 0.25) is 11.8 Å². The lowest BCUT2D eigenvalue weighted by molar-refractivity contribution is -0.132. The van der Waals surface area contributed by atoms with E-state index in [0.717, 1.165) is 76.2 Å². The Balaban J connectivity index is 1.76. The molecule has 0 N–H and O–H groups in total. The highest BCUT2D eigenvalue weighted by atomic mass is 16.2. The molecule has 0 unspecified atom stereocenters. The van der Waals surface area contributed by atoms with Crippen molar-refractivity contribution in [3.63, 3.8) is 0 Å². The van der Waals surface area contributed by atoms with E-state index in [2.05, 4.69) is 29.0 Å². The van der Waals surface area contributed by atoms with Crippen LogP contribution >= 0.6 is 0 Å². The van der Waals surface area contributed by atoms with Gasteiger partial charge < -0.3 is 14.7 Å². The third-order valence-electron chi connectivity index (χ3n) is 6.59. The van der Waals surface area contributed by atoms with E-state index >= 15 is 0 Å². The molecule has 0 atom stereocenters. The van der Waals surface area contributed by atoms with E-state index in [0.29, 0.717) is 13.1 Å². The number of carbonyl (C=O) groups excluding carboxylic acids is 2. The number of likely N-dealkylation sites (N-methyl/N-ethyl adjacent to an activating group) is 1. The summed E-state index contributed by atoms with van der Waals surface area (Å²) >= 11 is 0. The molecule has 0 aromatic heterocycles. The summed E-state index contributed by atoms with van der Waals surface area (Å²) in [5, 5.41) is 0. The van der Waals surface area contributed by atoms with E-state index in [9.17, 15) is 9.59 Å². The van der Waals surface area contributed by atoms with E-state index in [1.54, 1.807) is 6.92 Å². The van der Waals surface area contributed by atoms with Crippen LogP contribution in [-0.2, 0) is 16.1 Å². The van der Waals surface area contributed by atoms with Crippen LogP contribution in [0.3, 0.4) is 0 Å². The van der Waals surface area contributed by atoms with Gasteiger partial charge in [-0.15, -0.1) is 0 Å². The van der Waals surface area contributed by atoms with Crippen molar-refractivity contribution in [2.45, 2.75) is 58.4 Å². The molecule has 6 nitrogen and oxygen atoms in total. The lowest BCUT2D eigenvalue weighted by Crippen LogP contribution is -2.42. The van der Waals surface area contributed by atoms with E-state index in [-0.39, 0.29) is 11.8 Å². The van der Waals surface area contributed by atoms with Crippen LogP contribution in [0.2, 0.25) is 0 Å². The van der Waals surface area contributed by atoms with Gasteiger partial charge in [-0.1, -0.05) is 43.9 Å². The van der Waals surface area contributed by atoms with Gasteiger partial charge in [0.15, 0.2) is 0 Å². The molecule has 0 bridgehead atoms. The average Bonchev–Trinajstić information content (AvgIpc) is 2.96. The third-order valence-corrected chi connectivity index (χ3v) is 6.59. The van der Waals surface area contributed by atoms with Crippen molar-refractivity contribution in [1.82, 2.24) is 14.7 Å². The van der Waals surface area contributed by atoms with Gasteiger partial charge in [0.1, 0.15) is 0 Å². The predicted octanol–water partition coefficient (Wildman–Crippen LogP) is 3.36. The van der Waals surface area contributed by atoms with Crippen LogP contribution < -0.4 is 4.90 Å². The average molecular weight is 429 g/mol. The minimum absolute atomic E-state index is 0.0960. The number of benzene rings is 1. The first-order valence-corrected chi connectivity index (χ1v) is 12.1. The van der Waals surface area contributed by atoms with Gasteiger partial charge in [-0.2, -0.15) is 0 Å². The number of amides is 2. The lowest BCUT2D eigenvalue weighted by Gasteiger charge is -2.29. The Hall–Kier alpha value is -1.92. The Kier molecular flexibility index (Phi) is 9.34. The quantitative estimate of drug-likeness (QED) is 0.725. The monoisotopic (exact) mass is 428 g/mol. The minimum Gasteiger partial charge on any atom is -0.340 e. The normalized spacial score (nSPS) is 20.7. The van der Waals surface area contributed by atoms with Crippen LogP contribution in [0, 0.1) is 0 Å². The topological polar surface area (TPSA) is 47.1 Å². The molecule has 3 rings (SSSR count). The summed E-state index contributed by atoms with van der Waals surface area (Å²) in [5.41, 5.74) is 2.14. The fourth-order valence-electron chi connectivity index (χ4n) is 4.71. The third kappa shape index (κ3) is 7.32. The summed E-state index contributed by atoms with van der Waals surface area (Å²) in [6.45, 7) is 8.19. The van der Waals surface area contributed by atoms with Crippen molar-refractivity contribution in [2.24, 2.45) is 0 Å². The second-order valence-corrected chi connectivity index (χ2v) is 9.17. The zero-order chi connectivity index (χ0) is 22.1. The van der Waals surface area contributed by atoms with Crippen LogP contribution in [0.25, 0.3) is 0 Å². The Morgan fingerprint density at radius 2 is 1.52 bits per heavy atom.